The lowest BCUT2D eigenvalue weighted by atomic mass is 9.86. The lowest BCUT2D eigenvalue weighted by Gasteiger charge is -2.19. The fourth-order valence-electron chi connectivity index (χ4n) is 1.85. The van der Waals surface area contributed by atoms with Gasteiger partial charge in [-0.3, -0.25) is 0 Å². The average molecular weight is 255 g/mol. The SMILES string of the molecule is CC(C)(C)c1ccc(-c2ccc(C(=O)O)nc2)cc1. The second-order valence-electron chi connectivity index (χ2n) is 5.56. The molecule has 0 aliphatic rings. The first kappa shape index (κ1) is 13.3. The predicted molar refractivity (Wildman–Crippen MR) is 75.3 cm³/mol. The quantitative estimate of drug-likeness (QED) is 0.889. The zero-order chi connectivity index (χ0) is 14.0. The third kappa shape index (κ3) is 2.99. The molecule has 3 heteroatoms. The lowest BCUT2D eigenvalue weighted by molar-refractivity contribution is 0.0690. The monoisotopic (exact) mass is 255 g/mol. The highest BCUT2D eigenvalue weighted by atomic mass is 16.4. The van der Waals surface area contributed by atoms with Gasteiger partial charge >= 0.3 is 5.97 Å². The fourth-order valence-corrected chi connectivity index (χ4v) is 1.85. The highest BCUT2D eigenvalue weighted by Crippen LogP contribution is 2.25. The van der Waals surface area contributed by atoms with Crippen molar-refractivity contribution in [2.45, 2.75) is 26.2 Å². The van der Waals surface area contributed by atoms with E-state index in [4.69, 9.17) is 5.11 Å². The summed E-state index contributed by atoms with van der Waals surface area (Å²) in [6, 6.07) is 11.6. The minimum atomic E-state index is -1.00. The minimum absolute atomic E-state index is 0.0649. The maximum absolute atomic E-state index is 10.7. The van der Waals surface area contributed by atoms with E-state index in [1.165, 1.54) is 11.6 Å². The molecule has 19 heavy (non-hydrogen) atoms. The molecule has 0 saturated heterocycles. The molecule has 0 atom stereocenters. The van der Waals surface area contributed by atoms with Crippen LogP contribution in [0.2, 0.25) is 0 Å². The molecule has 0 radical (unpaired) electrons. The van der Waals surface area contributed by atoms with Crippen LogP contribution in [0.15, 0.2) is 42.6 Å². The Morgan fingerprint density at radius 1 is 1.00 bits per heavy atom. The third-order valence-corrected chi connectivity index (χ3v) is 3.07. The molecule has 1 N–H and O–H groups in total. The van der Waals surface area contributed by atoms with Gasteiger partial charge in [0.25, 0.3) is 0 Å². The molecule has 0 fully saturated rings. The predicted octanol–water partition coefficient (Wildman–Crippen LogP) is 3.74. The van der Waals surface area contributed by atoms with Crippen LogP contribution in [-0.2, 0) is 5.41 Å². The van der Waals surface area contributed by atoms with Gasteiger partial charge < -0.3 is 5.11 Å². The first-order valence-electron chi connectivity index (χ1n) is 6.18. The molecule has 0 saturated carbocycles. The molecule has 2 aromatic rings. The molecule has 1 heterocycles. The summed E-state index contributed by atoms with van der Waals surface area (Å²) in [6.45, 7) is 6.52. The molecule has 1 aromatic heterocycles. The number of aromatic carboxylic acids is 1. The number of aromatic nitrogens is 1. The second kappa shape index (κ2) is 4.84. The van der Waals surface area contributed by atoms with Crippen molar-refractivity contribution in [2.24, 2.45) is 0 Å². The largest absolute Gasteiger partial charge is 0.477 e. The molecular formula is C16H17NO2. The Balaban J connectivity index is 2.30. The highest BCUT2D eigenvalue weighted by molar-refractivity contribution is 5.85. The number of benzene rings is 1. The molecule has 0 aliphatic heterocycles. The summed E-state index contributed by atoms with van der Waals surface area (Å²) >= 11 is 0. The Morgan fingerprint density at radius 3 is 2.00 bits per heavy atom. The standard InChI is InChI=1S/C16H17NO2/c1-16(2,3)13-7-4-11(5-8-13)12-6-9-14(15(18)19)17-10-12/h4-10H,1-3H3,(H,18,19). The first-order chi connectivity index (χ1) is 8.88. The first-order valence-corrected chi connectivity index (χ1v) is 6.18. The van der Waals surface area contributed by atoms with Gasteiger partial charge in [0.05, 0.1) is 0 Å². The Labute approximate surface area is 112 Å². The summed E-state index contributed by atoms with van der Waals surface area (Å²) in [7, 11) is 0. The molecule has 3 nitrogen and oxygen atoms in total. The van der Waals surface area contributed by atoms with Crippen LogP contribution < -0.4 is 0 Å². The molecular weight excluding hydrogens is 238 g/mol. The van der Waals surface area contributed by atoms with Gasteiger partial charge in [-0.1, -0.05) is 51.1 Å². The Kier molecular flexibility index (Phi) is 3.38. The van der Waals surface area contributed by atoms with Crippen LogP contribution in [0.5, 0.6) is 0 Å². The maximum Gasteiger partial charge on any atom is 0.354 e. The van der Waals surface area contributed by atoms with Gasteiger partial charge in [-0.2, -0.15) is 0 Å². The number of hydrogen-bond acceptors (Lipinski definition) is 2. The summed E-state index contributed by atoms with van der Waals surface area (Å²) < 4.78 is 0. The number of pyridine rings is 1. The molecule has 0 amide bonds. The van der Waals surface area contributed by atoms with Gasteiger partial charge in [0.2, 0.25) is 0 Å². The molecule has 0 bridgehead atoms. The van der Waals surface area contributed by atoms with E-state index in [1.54, 1.807) is 12.3 Å². The van der Waals surface area contributed by atoms with Crippen LogP contribution in [0.25, 0.3) is 11.1 Å². The van der Waals surface area contributed by atoms with Gasteiger partial charge in [-0.05, 0) is 22.6 Å². The number of nitrogens with zero attached hydrogens (tertiary/aromatic N) is 1. The van der Waals surface area contributed by atoms with E-state index in [-0.39, 0.29) is 11.1 Å². The van der Waals surface area contributed by atoms with Crippen LogP contribution >= 0.6 is 0 Å². The Morgan fingerprint density at radius 2 is 1.58 bits per heavy atom. The van der Waals surface area contributed by atoms with Crippen molar-refractivity contribution >= 4 is 5.97 Å². The second-order valence-corrected chi connectivity index (χ2v) is 5.56. The Hall–Kier alpha value is -2.16. The van der Waals surface area contributed by atoms with Crippen molar-refractivity contribution in [3.8, 4) is 11.1 Å². The van der Waals surface area contributed by atoms with Crippen LogP contribution in [0.3, 0.4) is 0 Å². The van der Waals surface area contributed by atoms with Crippen molar-refractivity contribution in [1.82, 2.24) is 4.98 Å². The average Bonchev–Trinajstić information content (AvgIpc) is 2.38. The van der Waals surface area contributed by atoms with Crippen LogP contribution in [0, 0.1) is 0 Å². The van der Waals surface area contributed by atoms with Gasteiger partial charge in [0.1, 0.15) is 5.69 Å². The number of carboxylic acid groups (broad SMARTS) is 1. The normalized spacial score (nSPS) is 11.3. The van der Waals surface area contributed by atoms with E-state index >= 15 is 0 Å². The van der Waals surface area contributed by atoms with Gasteiger partial charge in [-0.15, -0.1) is 0 Å². The lowest BCUT2D eigenvalue weighted by Crippen LogP contribution is -2.10. The highest BCUT2D eigenvalue weighted by Gasteiger charge is 2.13. The molecule has 0 aliphatic carbocycles. The van der Waals surface area contributed by atoms with E-state index in [9.17, 15) is 4.79 Å². The number of hydrogen-bond donors (Lipinski definition) is 1. The van der Waals surface area contributed by atoms with E-state index < -0.39 is 5.97 Å². The molecule has 98 valence electrons. The van der Waals surface area contributed by atoms with Crippen molar-refractivity contribution in [3.05, 3.63) is 53.9 Å². The number of rotatable bonds is 2. The maximum atomic E-state index is 10.7. The van der Waals surface area contributed by atoms with Crippen molar-refractivity contribution in [2.75, 3.05) is 0 Å². The zero-order valence-corrected chi connectivity index (χ0v) is 11.3. The van der Waals surface area contributed by atoms with Gasteiger partial charge in [-0.25, -0.2) is 9.78 Å². The fraction of sp³-hybridized carbons (Fsp3) is 0.250. The third-order valence-electron chi connectivity index (χ3n) is 3.07. The molecule has 2 rings (SSSR count). The smallest absolute Gasteiger partial charge is 0.354 e. The van der Waals surface area contributed by atoms with Crippen molar-refractivity contribution in [1.29, 1.82) is 0 Å². The Bertz CT molecular complexity index is 578. The topological polar surface area (TPSA) is 50.2 Å². The number of carboxylic acids is 1. The molecule has 0 unspecified atom stereocenters. The molecule has 1 aromatic carbocycles. The summed E-state index contributed by atoms with van der Waals surface area (Å²) in [5, 5.41) is 8.81. The summed E-state index contributed by atoms with van der Waals surface area (Å²) in [6.07, 6.45) is 1.59. The van der Waals surface area contributed by atoms with Crippen molar-refractivity contribution < 1.29 is 9.90 Å². The zero-order valence-electron chi connectivity index (χ0n) is 11.3. The van der Waals surface area contributed by atoms with Gasteiger partial charge in [0, 0.05) is 11.8 Å². The van der Waals surface area contributed by atoms with Crippen LogP contribution in [-0.4, -0.2) is 16.1 Å². The summed E-state index contributed by atoms with van der Waals surface area (Å²) in [4.78, 5) is 14.7. The molecule has 0 spiro atoms. The van der Waals surface area contributed by atoms with E-state index in [2.05, 4.69) is 37.9 Å². The van der Waals surface area contributed by atoms with Crippen LogP contribution in [0.1, 0.15) is 36.8 Å². The van der Waals surface area contributed by atoms with E-state index in [0.717, 1.165) is 11.1 Å². The minimum Gasteiger partial charge on any atom is -0.477 e. The van der Waals surface area contributed by atoms with Gasteiger partial charge in [0.15, 0.2) is 0 Å². The van der Waals surface area contributed by atoms with E-state index in [1.807, 2.05) is 12.1 Å². The number of carbonyl (C=O) groups is 1. The van der Waals surface area contributed by atoms with E-state index in [0.29, 0.717) is 0 Å². The summed E-state index contributed by atoms with van der Waals surface area (Å²) in [5.74, 6) is -1.00. The van der Waals surface area contributed by atoms with Crippen molar-refractivity contribution in [3.63, 3.8) is 0 Å². The summed E-state index contributed by atoms with van der Waals surface area (Å²) in [5.41, 5.74) is 3.42. The van der Waals surface area contributed by atoms with Crippen LogP contribution in [0.4, 0.5) is 0 Å².